The molecule has 1 aliphatic carbocycles. The first kappa shape index (κ1) is 14.2. The van der Waals surface area contributed by atoms with Gasteiger partial charge in [0.1, 0.15) is 0 Å². The zero-order valence-electron chi connectivity index (χ0n) is 13.0. The third-order valence-corrected chi connectivity index (χ3v) is 5.34. The lowest BCUT2D eigenvalue weighted by Crippen LogP contribution is -2.42. The highest BCUT2D eigenvalue weighted by molar-refractivity contribution is 5.81. The number of rotatable bonds is 4. The Hall–Kier alpha value is -1.39. The summed E-state index contributed by atoms with van der Waals surface area (Å²) in [6.07, 6.45) is 3.31. The van der Waals surface area contributed by atoms with Crippen molar-refractivity contribution in [3.63, 3.8) is 0 Å². The summed E-state index contributed by atoms with van der Waals surface area (Å²) in [5, 5.41) is 3.21. The van der Waals surface area contributed by atoms with Gasteiger partial charge >= 0.3 is 0 Å². The van der Waals surface area contributed by atoms with Crippen LogP contribution in [0.3, 0.4) is 0 Å². The molecule has 2 heterocycles. The van der Waals surface area contributed by atoms with E-state index in [0.717, 1.165) is 52.1 Å². The molecule has 1 saturated carbocycles. The van der Waals surface area contributed by atoms with Crippen LogP contribution in [0, 0.1) is 11.3 Å². The summed E-state index contributed by atoms with van der Waals surface area (Å²) in [7, 11) is 0. The Labute approximate surface area is 131 Å². The molecule has 3 aliphatic rings. The molecular weight excluding hydrogens is 276 g/mol. The van der Waals surface area contributed by atoms with Crippen LogP contribution in [0.1, 0.15) is 24.8 Å². The Morgan fingerprint density at radius 3 is 2.82 bits per heavy atom. The molecule has 1 N–H and O–H groups in total. The first-order valence-electron chi connectivity index (χ1n) is 8.40. The minimum Gasteiger partial charge on any atom is -0.381 e. The van der Waals surface area contributed by atoms with Crippen LogP contribution < -0.4 is 5.32 Å². The van der Waals surface area contributed by atoms with Crippen LogP contribution >= 0.6 is 0 Å². The van der Waals surface area contributed by atoms with Crippen molar-refractivity contribution in [2.24, 2.45) is 11.3 Å². The highest BCUT2D eigenvalue weighted by Crippen LogP contribution is 2.43. The Bertz CT molecular complexity index is 535. The molecule has 118 valence electrons. The van der Waals surface area contributed by atoms with E-state index in [1.54, 1.807) is 0 Å². The van der Waals surface area contributed by atoms with E-state index < -0.39 is 0 Å². The average molecular weight is 300 g/mol. The molecule has 1 spiro atoms. The number of hydrogen-bond acceptors (Lipinski definition) is 3. The number of carbonyl (C=O) groups is 1. The molecule has 4 nitrogen and oxygen atoms in total. The fourth-order valence-electron chi connectivity index (χ4n) is 3.95. The third kappa shape index (κ3) is 2.77. The summed E-state index contributed by atoms with van der Waals surface area (Å²) in [4.78, 5) is 15.1. The molecule has 4 heteroatoms. The highest BCUT2D eigenvalue weighted by atomic mass is 16.5. The first-order valence-corrected chi connectivity index (χ1v) is 8.40. The molecule has 22 heavy (non-hydrogen) atoms. The van der Waals surface area contributed by atoms with E-state index in [9.17, 15) is 4.79 Å². The fraction of sp³-hybridized carbons (Fsp3) is 0.611. The largest absolute Gasteiger partial charge is 0.381 e. The van der Waals surface area contributed by atoms with Crippen LogP contribution in [0.2, 0.25) is 0 Å². The van der Waals surface area contributed by atoms with Gasteiger partial charge in [-0.25, -0.2) is 0 Å². The van der Waals surface area contributed by atoms with Crippen molar-refractivity contribution in [1.29, 1.82) is 0 Å². The molecule has 2 unspecified atom stereocenters. The van der Waals surface area contributed by atoms with E-state index in [1.165, 1.54) is 5.56 Å². The lowest BCUT2D eigenvalue weighted by Gasteiger charge is -2.27. The zero-order chi connectivity index (χ0) is 15.0. The number of nitrogens with one attached hydrogen (secondary N) is 1. The van der Waals surface area contributed by atoms with Crippen LogP contribution in [0.25, 0.3) is 0 Å². The molecular formula is C18H24N2O2. The first-order chi connectivity index (χ1) is 10.8. The van der Waals surface area contributed by atoms with Crippen LogP contribution in [0.4, 0.5) is 0 Å². The number of ether oxygens (including phenoxy) is 1. The van der Waals surface area contributed by atoms with Gasteiger partial charge in [0.15, 0.2) is 0 Å². The van der Waals surface area contributed by atoms with E-state index in [4.69, 9.17) is 4.74 Å². The summed E-state index contributed by atoms with van der Waals surface area (Å²) in [6, 6.07) is 11.0. The molecule has 0 aromatic heterocycles. The minimum absolute atomic E-state index is 0.0355. The average Bonchev–Trinajstić information content (AvgIpc) is 3.09. The minimum atomic E-state index is 0.0355. The topological polar surface area (TPSA) is 41.6 Å². The third-order valence-electron chi connectivity index (χ3n) is 5.34. The second-order valence-electron chi connectivity index (χ2n) is 7.16. The molecule has 2 saturated heterocycles. The Morgan fingerprint density at radius 2 is 2.14 bits per heavy atom. The van der Waals surface area contributed by atoms with Crippen molar-refractivity contribution in [2.45, 2.75) is 31.8 Å². The van der Waals surface area contributed by atoms with E-state index in [1.807, 2.05) is 6.07 Å². The number of likely N-dealkylation sites (tertiary alicyclic amines) is 1. The number of nitrogens with zero attached hydrogens (tertiary/aromatic N) is 1. The zero-order valence-corrected chi connectivity index (χ0v) is 13.0. The van der Waals surface area contributed by atoms with Gasteiger partial charge in [0.05, 0.1) is 12.5 Å². The second-order valence-corrected chi connectivity index (χ2v) is 7.16. The maximum atomic E-state index is 12.7. The molecule has 2 atom stereocenters. The van der Waals surface area contributed by atoms with Gasteiger partial charge in [-0.15, -0.1) is 0 Å². The lowest BCUT2D eigenvalue weighted by molar-refractivity contribution is -0.127. The van der Waals surface area contributed by atoms with E-state index in [-0.39, 0.29) is 17.2 Å². The van der Waals surface area contributed by atoms with Gasteiger partial charge in [-0.05, 0) is 24.8 Å². The molecule has 1 aromatic carbocycles. The summed E-state index contributed by atoms with van der Waals surface area (Å²) >= 11 is 0. The molecule has 0 radical (unpaired) electrons. The number of benzene rings is 1. The van der Waals surface area contributed by atoms with Crippen molar-refractivity contribution in [3.8, 4) is 0 Å². The highest BCUT2D eigenvalue weighted by Gasteiger charge is 2.52. The van der Waals surface area contributed by atoms with Crippen LogP contribution in [0.15, 0.2) is 30.3 Å². The van der Waals surface area contributed by atoms with Gasteiger partial charge in [0.25, 0.3) is 0 Å². The summed E-state index contributed by atoms with van der Waals surface area (Å²) in [5.74, 6) is 0.336. The van der Waals surface area contributed by atoms with Gasteiger partial charge in [0.2, 0.25) is 5.91 Å². The van der Waals surface area contributed by atoms with Gasteiger partial charge in [0, 0.05) is 37.7 Å². The summed E-state index contributed by atoms with van der Waals surface area (Å²) in [5.41, 5.74) is 1.35. The van der Waals surface area contributed by atoms with Gasteiger partial charge in [-0.3, -0.25) is 9.69 Å². The monoisotopic (exact) mass is 300 g/mol. The smallest absolute Gasteiger partial charge is 0.225 e. The summed E-state index contributed by atoms with van der Waals surface area (Å²) < 4.78 is 5.68. The molecule has 0 bridgehead atoms. The predicted octanol–water partition coefficient (Wildman–Crippen LogP) is 1.80. The Morgan fingerprint density at radius 1 is 1.32 bits per heavy atom. The number of hydrogen-bond donors (Lipinski definition) is 1. The van der Waals surface area contributed by atoms with E-state index in [0.29, 0.717) is 6.04 Å². The van der Waals surface area contributed by atoms with Crippen molar-refractivity contribution in [1.82, 2.24) is 10.2 Å². The van der Waals surface area contributed by atoms with E-state index in [2.05, 4.69) is 34.5 Å². The van der Waals surface area contributed by atoms with Crippen molar-refractivity contribution >= 4 is 5.91 Å². The van der Waals surface area contributed by atoms with E-state index >= 15 is 0 Å². The predicted molar refractivity (Wildman–Crippen MR) is 84.2 cm³/mol. The van der Waals surface area contributed by atoms with Gasteiger partial charge < -0.3 is 10.1 Å². The molecule has 3 fully saturated rings. The maximum Gasteiger partial charge on any atom is 0.225 e. The SMILES string of the molecule is O=C(NC1CC1)C1CN(Cc2ccccc2)CC12CCOC2. The normalized spacial score (nSPS) is 31.7. The molecule has 1 amide bonds. The quantitative estimate of drug-likeness (QED) is 0.922. The van der Waals surface area contributed by atoms with Gasteiger partial charge in [-0.2, -0.15) is 0 Å². The summed E-state index contributed by atoms with van der Waals surface area (Å²) in [6.45, 7) is 4.30. The fourth-order valence-corrected chi connectivity index (χ4v) is 3.95. The van der Waals surface area contributed by atoms with Crippen molar-refractivity contribution in [2.75, 3.05) is 26.3 Å². The van der Waals surface area contributed by atoms with Gasteiger partial charge in [-0.1, -0.05) is 30.3 Å². The molecule has 1 aromatic rings. The lowest BCUT2D eigenvalue weighted by atomic mass is 9.77. The number of amides is 1. The Balaban J connectivity index is 1.48. The second kappa shape index (κ2) is 5.67. The standard InChI is InChI=1S/C18H24N2O2/c21-17(19-15-6-7-15)16-11-20(10-14-4-2-1-3-5-14)12-18(16)8-9-22-13-18/h1-5,15-16H,6-13H2,(H,19,21). The Kier molecular flexibility index (Phi) is 3.66. The maximum absolute atomic E-state index is 12.7. The van der Waals surface area contributed by atoms with Crippen LogP contribution in [-0.2, 0) is 16.1 Å². The van der Waals surface area contributed by atoms with Crippen molar-refractivity contribution in [3.05, 3.63) is 35.9 Å². The molecule has 4 rings (SSSR count). The van der Waals surface area contributed by atoms with Crippen LogP contribution in [-0.4, -0.2) is 43.2 Å². The van der Waals surface area contributed by atoms with Crippen molar-refractivity contribution < 1.29 is 9.53 Å². The number of carbonyl (C=O) groups excluding carboxylic acids is 1. The molecule has 2 aliphatic heterocycles. The van der Waals surface area contributed by atoms with Crippen LogP contribution in [0.5, 0.6) is 0 Å².